The maximum Gasteiger partial charge on any atom is 0.267 e. The minimum absolute atomic E-state index is 0.00918. The minimum Gasteiger partial charge on any atom is -0.497 e. The minimum atomic E-state index is 0.00918. The average molecular weight is 428 g/mol. The lowest BCUT2D eigenvalue weighted by atomic mass is 10.1. The first-order valence-corrected chi connectivity index (χ1v) is 11.5. The van der Waals surface area contributed by atoms with Crippen molar-refractivity contribution in [1.29, 1.82) is 0 Å². The summed E-state index contributed by atoms with van der Waals surface area (Å²) in [4.78, 5) is 23.2. The van der Waals surface area contributed by atoms with Crippen LogP contribution in [0, 0.1) is 0 Å². The Morgan fingerprint density at radius 1 is 1.41 bits per heavy atom. The molecule has 1 aromatic carbocycles. The van der Waals surface area contributed by atoms with E-state index in [9.17, 15) is 4.79 Å². The monoisotopic (exact) mass is 427 g/mol. The number of fused-ring (bicyclic) bond motifs is 3. The molecule has 0 aliphatic carbocycles. The topological polar surface area (TPSA) is 47.4 Å². The number of rotatable bonds is 6. The predicted octanol–water partition coefficient (Wildman–Crippen LogP) is 4.50. The summed E-state index contributed by atoms with van der Waals surface area (Å²) in [6, 6.07) is 7.60. The molecule has 5 nitrogen and oxygen atoms in total. The quantitative estimate of drug-likeness (QED) is 0.329. The van der Waals surface area contributed by atoms with Gasteiger partial charge < -0.3 is 4.74 Å². The number of hydrogen-bond donors (Lipinski definition) is 0. The van der Waals surface area contributed by atoms with Crippen molar-refractivity contribution in [3.05, 3.63) is 57.2 Å². The summed E-state index contributed by atoms with van der Waals surface area (Å²) in [5.41, 5.74) is 3.01. The van der Waals surface area contributed by atoms with E-state index in [1.54, 1.807) is 34.8 Å². The highest BCUT2D eigenvalue weighted by Crippen LogP contribution is 2.34. The van der Waals surface area contributed by atoms with Crippen LogP contribution < -0.4 is 10.3 Å². The number of aromatic nitrogens is 2. The largest absolute Gasteiger partial charge is 0.497 e. The van der Waals surface area contributed by atoms with E-state index in [4.69, 9.17) is 9.72 Å². The van der Waals surface area contributed by atoms with Crippen LogP contribution in [0.2, 0.25) is 0 Å². The summed E-state index contributed by atoms with van der Waals surface area (Å²) in [5.74, 6) is 1.44. The van der Waals surface area contributed by atoms with Gasteiger partial charge in [-0.3, -0.25) is 14.3 Å². The second-order valence-corrected chi connectivity index (χ2v) is 9.31. The van der Waals surface area contributed by atoms with Gasteiger partial charge in [-0.2, -0.15) is 0 Å². The molecule has 0 saturated heterocycles. The van der Waals surface area contributed by atoms with Crippen molar-refractivity contribution >= 4 is 33.3 Å². The Labute approximate surface area is 179 Å². The standard InChI is InChI=1S/C22H25N3O2S2/c1-5-24-10-9-17-18(12-24)29-20-19(17)21(26)25(22(23-20)28-13-14(2)3)15-7-6-8-16(11-15)27-4/h6-8,11H,2,5,9-10,12-13H2,1,3-4H3. The molecule has 0 saturated carbocycles. The van der Waals surface area contributed by atoms with E-state index in [1.807, 2.05) is 31.2 Å². The lowest BCUT2D eigenvalue weighted by Crippen LogP contribution is -2.30. The van der Waals surface area contributed by atoms with Gasteiger partial charge in [-0.15, -0.1) is 11.3 Å². The molecule has 7 heteroatoms. The van der Waals surface area contributed by atoms with Crippen LogP contribution in [0.3, 0.4) is 0 Å². The van der Waals surface area contributed by atoms with E-state index in [0.717, 1.165) is 59.0 Å². The van der Waals surface area contributed by atoms with Gasteiger partial charge in [-0.25, -0.2) is 4.98 Å². The molecule has 0 fully saturated rings. The summed E-state index contributed by atoms with van der Waals surface area (Å²) < 4.78 is 7.12. The highest BCUT2D eigenvalue weighted by Gasteiger charge is 2.25. The molecule has 29 heavy (non-hydrogen) atoms. The van der Waals surface area contributed by atoms with Crippen molar-refractivity contribution in [3.8, 4) is 11.4 Å². The van der Waals surface area contributed by atoms with Crippen molar-refractivity contribution in [2.75, 3.05) is 26.0 Å². The summed E-state index contributed by atoms with van der Waals surface area (Å²) in [6.45, 7) is 11.1. The normalized spacial score (nSPS) is 14.2. The Morgan fingerprint density at radius 3 is 2.97 bits per heavy atom. The van der Waals surface area contributed by atoms with Gasteiger partial charge in [0, 0.05) is 29.8 Å². The number of thiophene rings is 1. The van der Waals surface area contributed by atoms with E-state index in [0.29, 0.717) is 5.16 Å². The number of nitrogens with zero attached hydrogens (tertiary/aromatic N) is 3. The third-order valence-corrected chi connectivity index (χ3v) is 7.41. The summed E-state index contributed by atoms with van der Waals surface area (Å²) >= 11 is 3.22. The Kier molecular flexibility index (Phi) is 5.81. The van der Waals surface area contributed by atoms with Crippen LogP contribution in [0.15, 0.2) is 46.4 Å². The molecule has 2 aromatic heterocycles. The molecule has 0 atom stereocenters. The molecule has 3 aromatic rings. The molecule has 152 valence electrons. The molecule has 0 spiro atoms. The predicted molar refractivity (Wildman–Crippen MR) is 122 cm³/mol. The molecule has 0 radical (unpaired) electrons. The molecule has 3 heterocycles. The van der Waals surface area contributed by atoms with Gasteiger partial charge in [0.2, 0.25) is 0 Å². The fourth-order valence-electron chi connectivity index (χ4n) is 3.61. The molecule has 0 amide bonds. The Balaban J connectivity index is 1.93. The number of hydrogen-bond acceptors (Lipinski definition) is 6. The third kappa shape index (κ3) is 3.86. The fraction of sp³-hybridized carbons (Fsp3) is 0.364. The zero-order chi connectivity index (χ0) is 20.5. The lowest BCUT2D eigenvalue weighted by molar-refractivity contribution is 0.272. The van der Waals surface area contributed by atoms with E-state index in [2.05, 4.69) is 18.4 Å². The molecule has 1 aliphatic rings. The maximum atomic E-state index is 13.7. The second kappa shape index (κ2) is 8.34. The molecule has 4 rings (SSSR count). The number of methoxy groups -OCH3 is 1. The van der Waals surface area contributed by atoms with Gasteiger partial charge in [-0.1, -0.05) is 36.9 Å². The second-order valence-electron chi connectivity index (χ2n) is 7.28. The SMILES string of the molecule is C=C(C)CSc1nc2sc3c(c2c(=O)n1-c1cccc(OC)c1)CCN(CC)C3. The zero-order valence-electron chi connectivity index (χ0n) is 17.0. The highest BCUT2D eigenvalue weighted by atomic mass is 32.2. The van der Waals surface area contributed by atoms with Crippen molar-refractivity contribution in [1.82, 2.24) is 14.5 Å². The molecular weight excluding hydrogens is 402 g/mol. The van der Waals surface area contributed by atoms with Gasteiger partial charge in [0.25, 0.3) is 5.56 Å². The zero-order valence-corrected chi connectivity index (χ0v) is 18.7. The fourth-order valence-corrected chi connectivity index (χ4v) is 5.77. The van der Waals surface area contributed by atoms with Gasteiger partial charge >= 0.3 is 0 Å². The maximum absolute atomic E-state index is 13.7. The number of likely N-dealkylation sites (N-methyl/N-ethyl adjacent to an activating group) is 1. The van der Waals surface area contributed by atoms with Gasteiger partial charge in [0.05, 0.1) is 18.2 Å². The first kappa shape index (κ1) is 20.2. The van der Waals surface area contributed by atoms with E-state index < -0.39 is 0 Å². The van der Waals surface area contributed by atoms with Crippen LogP contribution in [0.25, 0.3) is 15.9 Å². The van der Waals surface area contributed by atoms with Crippen molar-refractivity contribution in [3.63, 3.8) is 0 Å². The van der Waals surface area contributed by atoms with Crippen LogP contribution in [-0.4, -0.2) is 40.4 Å². The first-order valence-electron chi connectivity index (χ1n) is 9.73. The molecular formula is C22H25N3O2S2. The molecule has 0 bridgehead atoms. The number of benzene rings is 1. The summed E-state index contributed by atoms with van der Waals surface area (Å²) in [5, 5.41) is 1.48. The van der Waals surface area contributed by atoms with Gasteiger partial charge in [-0.05, 0) is 37.6 Å². The van der Waals surface area contributed by atoms with Crippen molar-refractivity contribution in [2.45, 2.75) is 32.0 Å². The van der Waals surface area contributed by atoms with Crippen LogP contribution in [0.1, 0.15) is 24.3 Å². The van der Waals surface area contributed by atoms with Crippen LogP contribution in [0.4, 0.5) is 0 Å². The van der Waals surface area contributed by atoms with Crippen LogP contribution in [0.5, 0.6) is 5.75 Å². The van der Waals surface area contributed by atoms with Crippen LogP contribution in [-0.2, 0) is 13.0 Å². The average Bonchev–Trinajstić information content (AvgIpc) is 3.09. The van der Waals surface area contributed by atoms with E-state index >= 15 is 0 Å². The molecule has 0 N–H and O–H groups in total. The third-order valence-electron chi connectivity index (χ3n) is 5.13. The lowest BCUT2D eigenvalue weighted by Gasteiger charge is -2.25. The van der Waals surface area contributed by atoms with Gasteiger partial charge in [0.15, 0.2) is 5.16 Å². The van der Waals surface area contributed by atoms with Crippen LogP contribution >= 0.6 is 23.1 Å². The molecule has 1 aliphatic heterocycles. The Bertz CT molecular complexity index is 1130. The number of thioether (sulfide) groups is 1. The molecule has 0 unspecified atom stereocenters. The highest BCUT2D eigenvalue weighted by molar-refractivity contribution is 7.99. The first-order chi connectivity index (χ1) is 14.0. The van der Waals surface area contributed by atoms with E-state index in [1.165, 1.54) is 10.4 Å². The smallest absolute Gasteiger partial charge is 0.267 e. The van der Waals surface area contributed by atoms with Gasteiger partial charge in [0.1, 0.15) is 10.6 Å². The van der Waals surface area contributed by atoms with Crippen molar-refractivity contribution in [2.24, 2.45) is 0 Å². The van der Waals surface area contributed by atoms with Crippen molar-refractivity contribution < 1.29 is 4.74 Å². The Hall–Kier alpha value is -2.09. The summed E-state index contributed by atoms with van der Waals surface area (Å²) in [7, 11) is 1.63. The Morgan fingerprint density at radius 2 is 2.24 bits per heavy atom. The summed E-state index contributed by atoms with van der Waals surface area (Å²) in [6.07, 6.45) is 0.899. The van der Waals surface area contributed by atoms with E-state index in [-0.39, 0.29) is 5.56 Å². The number of ether oxygens (including phenoxy) is 1.